The topological polar surface area (TPSA) is 34.4 Å². The third-order valence-electron chi connectivity index (χ3n) is 3.93. The molecule has 5 heteroatoms. The first kappa shape index (κ1) is 17.6. The summed E-state index contributed by atoms with van der Waals surface area (Å²) in [6, 6.07) is 17.1. The molecule has 0 bridgehead atoms. The lowest BCUT2D eigenvalue weighted by atomic mass is 10.1. The van der Waals surface area contributed by atoms with Crippen LogP contribution >= 0.6 is 22.9 Å². The van der Waals surface area contributed by atoms with Gasteiger partial charge in [-0.1, -0.05) is 54.9 Å². The first-order valence-electron chi connectivity index (χ1n) is 8.26. The Morgan fingerprint density at radius 2 is 1.88 bits per heavy atom. The van der Waals surface area contributed by atoms with Gasteiger partial charge in [-0.25, -0.2) is 0 Å². The fraction of sp³-hybridized carbons (Fsp3) is 0.200. The maximum absolute atomic E-state index is 12.5. The SMILES string of the molecule is CCc1sc(=NC(=O)c2cccc(Cl)c2)n(CC)c1-c1ccccc1. The van der Waals surface area contributed by atoms with E-state index in [4.69, 9.17) is 11.6 Å². The van der Waals surface area contributed by atoms with Gasteiger partial charge in [0.05, 0.1) is 5.69 Å². The summed E-state index contributed by atoms with van der Waals surface area (Å²) in [5, 5.41) is 0.537. The number of benzene rings is 2. The maximum Gasteiger partial charge on any atom is 0.279 e. The second-order valence-electron chi connectivity index (χ2n) is 5.55. The van der Waals surface area contributed by atoms with Gasteiger partial charge in [0.25, 0.3) is 5.91 Å². The van der Waals surface area contributed by atoms with Crippen LogP contribution in [0.4, 0.5) is 0 Å². The van der Waals surface area contributed by atoms with Crippen LogP contribution in [0.25, 0.3) is 11.3 Å². The molecule has 25 heavy (non-hydrogen) atoms. The Morgan fingerprint density at radius 1 is 1.12 bits per heavy atom. The van der Waals surface area contributed by atoms with E-state index in [2.05, 4.69) is 35.5 Å². The highest BCUT2D eigenvalue weighted by Crippen LogP contribution is 2.26. The molecule has 3 nitrogen and oxygen atoms in total. The molecule has 0 unspecified atom stereocenters. The Labute approximate surface area is 156 Å². The molecule has 0 fully saturated rings. The van der Waals surface area contributed by atoms with Crippen LogP contribution in [-0.4, -0.2) is 10.5 Å². The molecule has 0 aliphatic carbocycles. The van der Waals surface area contributed by atoms with Gasteiger partial charge >= 0.3 is 0 Å². The summed E-state index contributed by atoms with van der Waals surface area (Å²) in [4.78, 5) is 18.9. The van der Waals surface area contributed by atoms with Crippen LogP contribution in [0.15, 0.2) is 59.6 Å². The quantitative estimate of drug-likeness (QED) is 0.622. The lowest BCUT2D eigenvalue weighted by molar-refractivity contribution is 0.0998. The molecular weight excluding hydrogens is 352 g/mol. The molecule has 3 rings (SSSR count). The van der Waals surface area contributed by atoms with Crippen LogP contribution in [0.2, 0.25) is 5.02 Å². The van der Waals surface area contributed by atoms with Crippen molar-refractivity contribution in [3.63, 3.8) is 0 Å². The molecule has 0 N–H and O–H groups in total. The smallest absolute Gasteiger partial charge is 0.279 e. The molecule has 2 aromatic carbocycles. The number of thiazole rings is 1. The number of aromatic nitrogens is 1. The van der Waals surface area contributed by atoms with Gasteiger partial charge in [-0.05, 0) is 37.1 Å². The fourth-order valence-corrected chi connectivity index (χ4v) is 4.10. The zero-order valence-corrected chi connectivity index (χ0v) is 15.8. The van der Waals surface area contributed by atoms with Crippen molar-refractivity contribution >= 4 is 28.8 Å². The molecule has 0 saturated carbocycles. The third-order valence-corrected chi connectivity index (χ3v) is 5.39. The van der Waals surface area contributed by atoms with Crippen molar-refractivity contribution in [3.05, 3.63) is 74.9 Å². The molecule has 0 aliphatic rings. The lowest BCUT2D eigenvalue weighted by Gasteiger charge is -2.08. The highest BCUT2D eigenvalue weighted by molar-refractivity contribution is 7.09. The standard InChI is InChI=1S/C20H19ClN2OS/c1-3-17-18(14-9-6-5-7-10-14)23(4-2)20(25-17)22-19(24)15-11-8-12-16(21)13-15/h5-13H,3-4H2,1-2H3. The molecule has 1 amide bonds. The number of amides is 1. The summed E-state index contributed by atoms with van der Waals surface area (Å²) in [5.41, 5.74) is 2.80. The zero-order chi connectivity index (χ0) is 17.8. The van der Waals surface area contributed by atoms with E-state index in [1.807, 2.05) is 18.2 Å². The second-order valence-corrected chi connectivity index (χ2v) is 7.05. The Morgan fingerprint density at radius 3 is 2.52 bits per heavy atom. The Bertz CT molecular complexity index is 957. The summed E-state index contributed by atoms with van der Waals surface area (Å²) in [6.07, 6.45) is 0.899. The van der Waals surface area contributed by atoms with E-state index in [9.17, 15) is 4.79 Å². The van der Waals surface area contributed by atoms with Crippen molar-refractivity contribution in [2.45, 2.75) is 26.8 Å². The minimum atomic E-state index is -0.270. The first-order chi connectivity index (χ1) is 12.1. The van der Waals surface area contributed by atoms with E-state index >= 15 is 0 Å². The van der Waals surface area contributed by atoms with E-state index in [0.29, 0.717) is 10.6 Å². The predicted octanol–water partition coefficient (Wildman–Crippen LogP) is 5.19. The Kier molecular flexibility index (Phi) is 5.51. The average Bonchev–Trinajstić information content (AvgIpc) is 2.99. The normalized spacial score (nSPS) is 11.7. The molecule has 3 aromatic rings. The number of hydrogen-bond donors (Lipinski definition) is 0. The van der Waals surface area contributed by atoms with Crippen LogP contribution < -0.4 is 4.80 Å². The predicted molar refractivity (Wildman–Crippen MR) is 104 cm³/mol. The number of aryl methyl sites for hydroxylation is 1. The van der Waals surface area contributed by atoms with E-state index < -0.39 is 0 Å². The number of hydrogen-bond acceptors (Lipinski definition) is 2. The average molecular weight is 371 g/mol. The molecule has 0 aliphatic heterocycles. The number of rotatable bonds is 4. The van der Waals surface area contributed by atoms with Crippen molar-refractivity contribution in [1.82, 2.24) is 4.57 Å². The largest absolute Gasteiger partial charge is 0.316 e. The Hall–Kier alpha value is -2.17. The van der Waals surface area contributed by atoms with Gasteiger partial charge in [-0.3, -0.25) is 4.79 Å². The van der Waals surface area contributed by atoms with Crippen molar-refractivity contribution in [1.29, 1.82) is 0 Å². The molecular formula is C20H19ClN2OS. The fourth-order valence-electron chi connectivity index (χ4n) is 2.76. The van der Waals surface area contributed by atoms with Crippen LogP contribution in [0, 0.1) is 0 Å². The Balaban J connectivity index is 2.14. The van der Waals surface area contributed by atoms with Gasteiger partial charge < -0.3 is 4.57 Å². The van der Waals surface area contributed by atoms with Crippen LogP contribution in [0.1, 0.15) is 29.1 Å². The molecule has 0 radical (unpaired) electrons. The van der Waals surface area contributed by atoms with E-state index in [1.165, 1.54) is 4.88 Å². The minimum Gasteiger partial charge on any atom is -0.316 e. The lowest BCUT2D eigenvalue weighted by Crippen LogP contribution is -2.17. The summed E-state index contributed by atoms with van der Waals surface area (Å²) in [7, 11) is 0. The third kappa shape index (κ3) is 3.75. The first-order valence-corrected chi connectivity index (χ1v) is 9.46. The maximum atomic E-state index is 12.5. The van der Waals surface area contributed by atoms with Gasteiger partial charge in [0.2, 0.25) is 0 Å². The van der Waals surface area contributed by atoms with Crippen molar-refractivity contribution in [3.8, 4) is 11.3 Å². The number of nitrogens with zero attached hydrogens (tertiary/aromatic N) is 2. The number of halogens is 1. The van der Waals surface area contributed by atoms with Crippen molar-refractivity contribution in [2.75, 3.05) is 0 Å². The second kappa shape index (κ2) is 7.81. The van der Waals surface area contributed by atoms with Crippen LogP contribution in [0.5, 0.6) is 0 Å². The molecule has 0 atom stereocenters. The van der Waals surface area contributed by atoms with E-state index in [0.717, 1.165) is 29.0 Å². The molecule has 128 valence electrons. The van der Waals surface area contributed by atoms with E-state index in [-0.39, 0.29) is 5.91 Å². The molecule has 0 spiro atoms. The number of carbonyl (C=O) groups excluding carboxylic acids is 1. The summed E-state index contributed by atoms with van der Waals surface area (Å²) in [6.45, 7) is 4.95. The van der Waals surface area contributed by atoms with Gasteiger partial charge in [-0.15, -0.1) is 11.3 Å². The summed E-state index contributed by atoms with van der Waals surface area (Å²) >= 11 is 7.56. The molecule has 1 aromatic heterocycles. The zero-order valence-electron chi connectivity index (χ0n) is 14.2. The monoisotopic (exact) mass is 370 g/mol. The summed E-state index contributed by atoms with van der Waals surface area (Å²) < 4.78 is 2.11. The van der Waals surface area contributed by atoms with Crippen molar-refractivity contribution < 1.29 is 4.79 Å². The van der Waals surface area contributed by atoms with Crippen LogP contribution in [0.3, 0.4) is 0 Å². The van der Waals surface area contributed by atoms with Gasteiger partial charge in [0.15, 0.2) is 4.80 Å². The highest BCUT2D eigenvalue weighted by Gasteiger charge is 2.14. The summed E-state index contributed by atoms with van der Waals surface area (Å²) in [5.74, 6) is -0.270. The highest BCUT2D eigenvalue weighted by atomic mass is 35.5. The van der Waals surface area contributed by atoms with Crippen molar-refractivity contribution in [2.24, 2.45) is 4.99 Å². The van der Waals surface area contributed by atoms with E-state index in [1.54, 1.807) is 35.6 Å². The number of carbonyl (C=O) groups is 1. The van der Waals surface area contributed by atoms with Gasteiger partial charge in [0, 0.05) is 22.0 Å². The van der Waals surface area contributed by atoms with Crippen LogP contribution in [-0.2, 0) is 13.0 Å². The molecule has 0 saturated heterocycles. The molecule has 1 heterocycles. The minimum absolute atomic E-state index is 0.270. The van der Waals surface area contributed by atoms with Gasteiger partial charge in [0.1, 0.15) is 0 Å². The van der Waals surface area contributed by atoms with Gasteiger partial charge in [-0.2, -0.15) is 4.99 Å².